The molecule has 1 rings (SSSR count). The Morgan fingerprint density at radius 1 is 1.54 bits per heavy atom. The van der Waals surface area contributed by atoms with Crippen molar-refractivity contribution in [2.45, 2.75) is 19.4 Å². The maximum absolute atomic E-state index is 5.53. The molecule has 0 saturated carbocycles. The summed E-state index contributed by atoms with van der Waals surface area (Å²) >= 11 is 0. The summed E-state index contributed by atoms with van der Waals surface area (Å²) in [5.41, 5.74) is 6.59. The van der Waals surface area contributed by atoms with Gasteiger partial charge in [-0.05, 0) is 19.1 Å². The van der Waals surface area contributed by atoms with Crippen LogP contribution < -0.4 is 5.73 Å². The van der Waals surface area contributed by atoms with Crippen molar-refractivity contribution in [3.63, 3.8) is 0 Å². The lowest BCUT2D eigenvalue weighted by molar-refractivity contribution is 0.127. The maximum Gasteiger partial charge on any atom is 0.0614 e. The van der Waals surface area contributed by atoms with Crippen LogP contribution in [-0.2, 0) is 11.2 Å². The van der Waals surface area contributed by atoms with E-state index in [1.165, 1.54) is 0 Å². The van der Waals surface area contributed by atoms with Crippen molar-refractivity contribution < 1.29 is 4.74 Å². The fourth-order valence-electron chi connectivity index (χ4n) is 0.992. The predicted molar refractivity (Wildman–Crippen MR) is 52.4 cm³/mol. The molecule has 2 N–H and O–H groups in total. The van der Waals surface area contributed by atoms with Gasteiger partial charge in [-0.25, -0.2) is 0 Å². The summed E-state index contributed by atoms with van der Waals surface area (Å²) in [6, 6.07) is 6.00. The minimum atomic E-state index is 0.115. The minimum Gasteiger partial charge on any atom is -0.379 e. The zero-order valence-electron chi connectivity index (χ0n) is 7.94. The van der Waals surface area contributed by atoms with E-state index >= 15 is 0 Å². The molecular weight excluding hydrogens is 164 g/mol. The average molecular weight is 180 g/mol. The van der Waals surface area contributed by atoms with Gasteiger partial charge < -0.3 is 10.5 Å². The highest BCUT2D eigenvalue weighted by Gasteiger charge is 1.95. The average Bonchev–Trinajstić information content (AvgIpc) is 2.14. The molecule has 0 amide bonds. The normalized spacial score (nSPS) is 12.8. The quantitative estimate of drug-likeness (QED) is 0.687. The Kier molecular flexibility index (Phi) is 4.43. The first-order valence-electron chi connectivity index (χ1n) is 4.52. The SMILES string of the molecule is CC(N)COCCc1ccccn1. The molecule has 1 atom stereocenters. The van der Waals surface area contributed by atoms with Crippen molar-refractivity contribution in [1.82, 2.24) is 4.98 Å². The van der Waals surface area contributed by atoms with E-state index in [4.69, 9.17) is 10.5 Å². The van der Waals surface area contributed by atoms with Crippen LogP contribution >= 0.6 is 0 Å². The molecule has 1 unspecified atom stereocenters. The first kappa shape index (κ1) is 10.2. The van der Waals surface area contributed by atoms with Crippen LogP contribution in [0, 0.1) is 0 Å². The standard InChI is InChI=1S/C10H16N2O/c1-9(11)8-13-7-5-10-4-2-3-6-12-10/h2-4,6,9H,5,7-8,11H2,1H3. The molecule has 0 aliphatic carbocycles. The van der Waals surface area contributed by atoms with Crippen molar-refractivity contribution in [1.29, 1.82) is 0 Å². The van der Waals surface area contributed by atoms with E-state index in [9.17, 15) is 0 Å². The van der Waals surface area contributed by atoms with Gasteiger partial charge in [-0.15, -0.1) is 0 Å². The third-order valence-electron chi connectivity index (χ3n) is 1.61. The Balaban J connectivity index is 2.13. The number of aromatic nitrogens is 1. The van der Waals surface area contributed by atoms with E-state index < -0.39 is 0 Å². The fraction of sp³-hybridized carbons (Fsp3) is 0.500. The zero-order chi connectivity index (χ0) is 9.52. The van der Waals surface area contributed by atoms with Gasteiger partial charge in [0.2, 0.25) is 0 Å². The molecule has 0 aliphatic rings. The maximum atomic E-state index is 5.53. The smallest absolute Gasteiger partial charge is 0.0614 e. The molecule has 0 spiro atoms. The van der Waals surface area contributed by atoms with Gasteiger partial charge in [-0.2, -0.15) is 0 Å². The Bertz CT molecular complexity index is 224. The van der Waals surface area contributed by atoms with Gasteiger partial charge in [-0.1, -0.05) is 6.07 Å². The molecule has 0 saturated heterocycles. The second kappa shape index (κ2) is 5.67. The minimum absolute atomic E-state index is 0.115. The molecule has 0 bridgehead atoms. The van der Waals surface area contributed by atoms with Crippen LogP contribution in [0.4, 0.5) is 0 Å². The van der Waals surface area contributed by atoms with E-state index in [0.29, 0.717) is 13.2 Å². The summed E-state index contributed by atoms with van der Waals surface area (Å²) in [6.45, 7) is 3.24. The summed E-state index contributed by atoms with van der Waals surface area (Å²) < 4.78 is 5.33. The van der Waals surface area contributed by atoms with E-state index in [1.807, 2.05) is 25.1 Å². The zero-order valence-corrected chi connectivity index (χ0v) is 7.94. The molecule has 3 heteroatoms. The Morgan fingerprint density at radius 2 is 2.38 bits per heavy atom. The van der Waals surface area contributed by atoms with Crippen molar-refractivity contribution in [2.75, 3.05) is 13.2 Å². The molecule has 72 valence electrons. The Hall–Kier alpha value is -0.930. The summed E-state index contributed by atoms with van der Waals surface area (Å²) in [5.74, 6) is 0. The van der Waals surface area contributed by atoms with Gasteiger partial charge in [-0.3, -0.25) is 4.98 Å². The number of nitrogens with two attached hydrogens (primary N) is 1. The van der Waals surface area contributed by atoms with Gasteiger partial charge in [0.15, 0.2) is 0 Å². The monoisotopic (exact) mass is 180 g/mol. The molecular formula is C10H16N2O. The second-order valence-corrected chi connectivity index (χ2v) is 3.12. The highest BCUT2D eigenvalue weighted by atomic mass is 16.5. The lowest BCUT2D eigenvalue weighted by Gasteiger charge is -2.05. The lowest BCUT2D eigenvalue weighted by atomic mass is 10.3. The number of pyridine rings is 1. The number of hydrogen-bond donors (Lipinski definition) is 1. The van der Waals surface area contributed by atoms with E-state index in [2.05, 4.69) is 4.98 Å². The Morgan fingerprint density at radius 3 is 3.00 bits per heavy atom. The summed E-state index contributed by atoms with van der Waals surface area (Å²) in [7, 11) is 0. The van der Waals surface area contributed by atoms with Gasteiger partial charge in [0.25, 0.3) is 0 Å². The number of nitrogens with zero attached hydrogens (tertiary/aromatic N) is 1. The topological polar surface area (TPSA) is 48.1 Å². The lowest BCUT2D eigenvalue weighted by Crippen LogP contribution is -2.22. The highest BCUT2D eigenvalue weighted by Crippen LogP contribution is 1.94. The summed E-state index contributed by atoms with van der Waals surface area (Å²) in [6.07, 6.45) is 2.65. The third-order valence-corrected chi connectivity index (χ3v) is 1.61. The molecule has 0 radical (unpaired) electrons. The molecule has 3 nitrogen and oxygen atoms in total. The summed E-state index contributed by atoms with van der Waals surface area (Å²) in [5, 5.41) is 0. The number of hydrogen-bond acceptors (Lipinski definition) is 3. The largest absolute Gasteiger partial charge is 0.379 e. The first-order chi connectivity index (χ1) is 6.29. The summed E-state index contributed by atoms with van der Waals surface area (Å²) in [4.78, 5) is 4.18. The van der Waals surface area contributed by atoms with Crippen LogP contribution in [0.15, 0.2) is 24.4 Å². The van der Waals surface area contributed by atoms with Crippen LogP contribution in [0.1, 0.15) is 12.6 Å². The van der Waals surface area contributed by atoms with E-state index in [-0.39, 0.29) is 6.04 Å². The molecule has 1 aromatic rings. The molecule has 0 fully saturated rings. The fourth-order valence-corrected chi connectivity index (χ4v) is 0.992. The van der Waals surface area contributed by atoms with E-state index in [1.54, 1.807) is 6.20 Å². The number of rotatable bonds is 5. The molecule has 13 heavy (non-hydrogen) atoms. The predicted octanol–water partition coefficient (Wildman–Crippen LogP) is 0.988. The van der Waals surface area contributed by atoms with Crippen molar-refractivity contribution in [2.24, 2.45) is 5.73 Å². The van der Waals surface area contributed by atoms with Gasteiger partial charge >= 0.3 is 0 Å². The molecule has 1 aromatic heterocycles. The van der Waals surface area contributed by atoms with Crippen LogP contribution in [0.25, 0.3) is 0 Å². The highest BCUT2D eigenvalue weighted by molar-refractivity contribution is 5.03. The van der Waals surface area contributed by atoms with Gasteiger partial charge in [0.05, 0.1) is 13.2 Å². The van der Waals surface area contributed by atoms with Gasteiger partial charge in [0, 0.05) is 24.4 Å². The molecule has 0 aromatic carbocycles. The second-order valence-electron chi connectivity index (χ2n) is 3.12. The van der Waals surface area contributed by atoms with Crippen LogP contribution in [-0.4, -0.2) is 24.2 Å². The van der Waals surface area contributed by atoms with Crippen molar-refractivity contribution >= 4 is 0 Å². The van der Waals surface area contributed by atoms with Crippen molar-refractivity contribution in [3.8, 4) is 0 Å². The van der Waals surface area contributed by atoms with Crippen LogP contribution in [0.2, 0.25) is 0 Å². The first-order valence-corrected chi connectivity index (χ1v) is 4.52. The van der Waals surface area contributed by atoms with Crippen LogP contribution in [0.5, 0.6) is 0 Å². The van der Waals surface area contributed by atoms with Crippen molar-refractivity contribution in [3.05, 3.63) is 30.1 Å². The van der Waals surface area contributed by atoms with Gasteiger partial charge in [0.1, 0.15) is 0 Å². The molecule has 1 heterocycles. The molecule has 0 aliphatic heterocycles. The van der Waals surface area contributed by atoms with E-state index in [0.717, 1.165) is 12.1 Å². The number of ether oxygens (including phenoxy) is 1. The third kappa shape index (κ3) is 4.60. The Labute approximate surface area is 78.9 Å². The van der Waals surface area contributed by atoms with Crippen LogP contribution in [0.3, 0.4) is 0 Å².